The van der Waals surface area contributed by atoms with Crippen molar-refractivity contribution in [3.8, 4) is 5.75 Å². The molecule has 2 aromatic rings. The molecule has 3 rings (SSSR count). The number of hydrogen-bond donors (Lipinski definition) is 1. The number of phenols is 1. The predicted octanol–water partition coefficient (Wildman–Crippen LogP) is 4.03. The number of quaternary nitrogens is 1. The molecule has 0 bridgehead atoms. The molecule has 0 unspecified atom stereocenters. The fourth-order valence-electron chi connectivity index (χ4n) is 4.26. The van der Waals surface area contributed by atoms with E-state index >= 15 is 0 Å². The molecule has 1 aliphatic rings. The first-order valence-corrected chi connectivity index (χ1v) is 11.6. The molecule has 1 N–H and O–H groups in total. The van der Waals surface area contributed by atoms with Crippen LogP contribution >= 0.6 is 0 Å². The topological polar surface area (TPSA) is 54.2 Å². The highest BCUT2D eigenvalue weighted by atomic mass is 35.5. The molecule has 0 amide bonds. The highest BCUT2D eigenvalue weighted by molar-refractivity contribution is 5.47. The normalized spacial score (nSPS) is 15.1. The average molecular weight is 460 g/mol. The van der Waals surface area contributed by atoms with Gasteiger partial charge in [-0.2, -0.15) is 10.2 Å². The molecule has 0 saturated heterocycles. The number of benzene rings is 2. The van der Waals surface area contributed by atoms with E-state index < -0.39 is 0 Å². The lowest BCUT2D eigenvalue weighted by Gasteiger charge is -2.29. The van der Waals surface area contributed by atoms with Crippen LogP contribution in [0.2, 0.25) is 0 Å². The number of nitrogens with zero attached hydrogens (tertiary/aromatic N) is 3. The van der Waals surface area contributed by atoms with Gasteiger partial charge in [0.2, 0.25) is 0 Å². The first kappa shape index (κ1) is 26.3. The third-order valence-corrected chi connectivity index (χ3v) is 6.04. The van der Waals surface area contributed by atoms with Gasteiger partial charge in [0.15, 0.2) is 6.73 Å². The van der Waals surface area contributed by atoms with Crippen molar-refractivity contribution >= 4 is 11.4 Å². The molecular weight excluding hydrogens is 422 g/mol. The molecule has 0 aromatic heterocycles. The summed E-state index contributed by atoms with van der Waals surface area (Å²) in [6.07, 6.45) is 9.47. The Bertz CT molecular complexity index is 847. The van der Waals surface area contributed by atoms with Crippen molar-refractivity contribution < 1.29 is 26.7 Å². The van der Waals surface area contributed by atoms with E-state index in [2.05, 4.69) is 24.3 Å². The number of aryl methyl sites for hydroxylation is 1. The third kappa shape index (κ3) is 8.89. The summed E-state index contributed by atoms with van der Waals surface area (Å²) in [4.78, 5) is 0. The Morgan fingerprint density at radius 3 is 2.34 bits per heavy atom. The summed E-state index contributed by atoms with van der Waals surface area (Å²) in [5.74, 6) is 1.20. The minimum Gasteiger partial charge on any atom is -1.00 e. The van der Waals surface area contributed by atoms with Crippen molar-refractivity contribution in [1.82, 2.24) is 0 Å². The van der Waals surface area contributed by atoms with Crippen LogP contribution in [0, 0.1) is 12.8 Å². The zero-order chi connectivity index (χ0) is 22.1. The molecule has 0 spiro atoms. The van der Waals surface area contributed by atoms with E-state index in [0.717, 1.165) is 35.9 Å². The van der Waals surface area contributed by atoms with E-state index in [9.17, 15) is 5.11 Å². The second kappa shape index (κ2) is 12.9. The van der Waals surface area contributed by atoms with Crippen LogP contribution in [0.3, 0.4) is 0 Å². The van der Waals surface area contributed by atoms with E-state index in [-0.39, 0.29) is 18.2 Å². The maximum atomic E-state index is 10.3. The monoisotopic (exact) mass is 459 g/mol. The lowest BCUT2D eigenvalue weighted by Crippen LogP contribution is -3.00. The van der Waals surface area contributed by atoms with Crippen molar-refractivity contribution in [3.63, 3.8) is 0 Å². The molecule has 0 atom stereocenters. The van der Waals surface area contributed by atoms with Crippen molar-refractivity contribution in [3.05, 3.63) is 53.6 Å². The molecule has 2 aromatic carbocycles. The third-order valence-electron chi connectivity index (χ3n) is 6.04. The van der Waals surface area contributed by atoms with Crippen LogP contribution in [0.5, 0.6) is 5.75 Å². The van der Waals surface area contributed by atoms with Gasteiger partial charge in [-0.1, -0.05) is 49.8 Å². The van der Waals surface area contributed by atoms with Gasteiger partial charge in [-0.05, 0) is 56.0 Å². The van der Waals surface area contributed by atoms with E-state index in [1.807, 2.05) is 37.3 Å². The second-order valence-electron chi connectivity index (χ2n) is 9.63. The van der Waals surface area contributed by atoms with Gasteiger partial charge in [0, 0.05) is 0 Å². The SMILES string of the molecule is Cc1ccc(N=Nc2ccc(O)c(C[N+](C)(C)COCCCC3CCCCC3)c2)cc1.[Cl-]. The van der Waals surface area contributed by atoms with Gasteiger partial charge in [0.25, 0.3) is 0 Å². The van der Waals surface area contributed by atoms with Gasteiger partial charge in [0.05, 0.1) is 37.6 Å². The van der Waals surface area contributed by atoms with Crippen LogP contribution in [0.25, 0.3) is 0 Å². The van der Waals surface area contributed by atoms with Gasteiger partial charge in [0.1, 0.15) is 12.3 Å². The quantitative estimate of drug-likeness (QED) is 0.252. The molecule has 1 aliphatic carbocycles. The number of halogens is 1. The van der Waals surface area contributed by atoms with Crippen LogP contribution in [0.4, 0.5) is 11.4 Å². The number of hydrogen-bond acceptors (Lipinski definition) is 4. The predicted molar refractivity (Wildman–Crippen MR) is 126 cm³/mol. The standard InChI is InChI=1S/C26H37N3O2.ClH/c1-21-11-13-24(14-12-21)27-28-25-15-16-26(30)23(18-25)19-29(2,3)20-31-17-7-10-22-8-5-4-6-9-22;/h11-16,18,22H,4-10,17,19-20H2,1-3H3;1H. The number of aromatic hydroxyl groups is 1. The van der Waals surface area contributed by atoms with Gasteiger partial charge < -0.3 is 26.7 Å². The molecule has 1 saturated carbocycles. The van der Waals surface area contributed by atoms with Gasteiger partial charge >= 0.3 is 0 Å². The molecule has 5 nitrogen and oxygen atoms in total. The van der Waals surface area contributed by atoms with E-state index in [1.165, 1.54) is 44.1 Å². The lowest BCUT2D eigenvalue weighted by molar-refractivity contribution is -0.922. The van der Waals surface area contributed by atoms with Crippen molar-refractivity contribution in [1.29, 1.82) is 0 Å². The highest BCUT2D eigenvalue weighted by Gasteiger charge is 2.19. The molecule has 0 heterocycles. The molecule has 176 valence electrons. The fraction of sp³-hybridized carbons (Fsp3) is 0.538. The van der Waals surface area contributed by atoms with E-state index in [0.29, 0.717) is 17.8 Å². The van der Waals surface area contributed by atoms with Crippen LogP contribution in [0.1, 0.15) is 56.1 Å². The Morgan fingerprint density at radius 1 is 0.969 bits per heavy atom. The zero-order valence-electron chi connectivity index (χ0n) is 19.8. The zero-order valence-corrected chi connectivity index (χ0v) is 20.5. The average Bonchev–Trinajstić information content (AvgIpc) is 2.75. The van der Waals surface area contributed by atoms with Gasteiger partial charge in [-0.25, -0.2) is 0 Å². The molecule has 0 radical (unpaired) electrons. The maximum Gasteiger partial charge on any atom is 0.182 e. The summed E-state index contributed by atoms with van der Waals surface area (Å²) in [6, 6.07) is 13.3. The molecule has 6 heteroatoms. The Hall–Kier alpha value is -1.95. The smallest absolute Gasteiger partial charge is 0.182 e. The minimum atomic E-state index is 0. The Labute approximate surface area is 199 Å². The van der Waals surface area contributed by atoms with E-state index in [1.54, 1.807) is 12.1 Å². The number of ether oxygens (including phenoxy) is 1. The molecule has 1 fully saturated rings. The largest absolute Gasteiger partial charge is 1.00 e. The Balaban J connectivity index is 0.00000363. The number of rotatable bonds is 10. The number of phenolic OH excluding ortho intramolecular Hbond substituents is 1. The van der Waals surface area contributed by atoms with Crippen molar-refractivity contribution in [2.45, 2.75) is 58.4 Å². The summed E-state index contributed by atoms with van der Waals surface area (Å²) in [5.41, 5.74) is 3.61. The summed E-state index contributed by atoms with van der Waals surface area (Å²) < 4.78 is 6.64. The minimum absolute atomic E-state index is 0. The first-order chi connectivity index (χ1) is 14.9. The first-order valence-electron chi connectivity index (χ1n) is 11.6. The van der Waals surface area contributed by atoms with Gasteiger partial charge in [-0.15, -0.1) is 0 Å². The number of azo groups is 1. The van der Waals surface area contributed by atoms with Crippen LogP contribution in [0.15, 0.2) is 52.7 Å². The molecular formula is C26H38ClN3O2. The Morgan fingerprint density at radius 2 is 1.62 bits per heavy atom. The van der Waals surface area contributed by atoms with Gasteiger partial charge in [-0.3, -0.25) is 0 Å². The Kier molecular flexibility index (Phi) is 10.6. The fourth-order valence-corrected chi connectivity index (χ4v) is 4.26. The van der Waals surface area contributed by atoms with Crippen molar-refractivity contribution in [2.24, 2.45) is 16.1 Å². The van der Waals surface area contributed by atoms with Crippen LogP contribution in [-0.2, 0) is 11.3 Å². The summed E-state index contributed by atoms with van der Waals surface area (Å²) in [5, 5.41) is 19.0. The summed E-state index contributed by atoms with van der Waals surface area (Å²) in [6.45, 7) is 4.16. The lowest BCUT2D eigenvalue weighted by atomic mass is 9.86. The summed E-state index contributed by atoms with van der Waals surface area (Å²) >= 11 is 0. The van der Waals surface area contributed by atoms with Crippen molar-refractivity contribution in [2.75, 3.05) is 27.4 Å². The van der Waals surface area contributed by atoms with Crippen LogP contribution < -0.4 is 12.4 Å². The second-order valence-corrected chi connectivity index (χ2v) is 9.63. The highest BCUT2D eigenvalue weighted by Crippen LogP contribution is 2.28. The maximum absolute atomic E-state index is 10.3. The van der Waals surface area contributed by atoms with E-state index in [4.69, 9.17) is 4.74 Å². The molecule has 0 aliphatic heterocycles. The van der Waals surface area contributed by atoms with Crippen LogP contribution in [-0.4, -0.2) is 37.0 Å². The summed E-state index contributed by atoms with van der Waals surface area (Å²) in [7, 11) is 4.25. The molecule has 32 heavy (non-hydrogen) atoms.